The van der Waals surface area contributed by atoms with Crippen molar-refractivity contribution in [1.82, 2.24) is 0 Å². The molecule has 156 valence electrons. The van der Waals surface area contributed by atoms with E-state index >= 15 is 0 Å². The van der Waals surface area contributed by atoms with Crippen LogP contribution < -0.4 is 4.74 Å². The second kappa shape index (κ2) is 10.6. The van der Waals surface area contributed by atoms with E-state index in [0.29, 0.717) is 21.9 Å². The minimum atomic E-state index is -0.908. The van der Waals surface area contributed by atoms with E-state index in [1.54, 1.807) is 76.2 Å². The number of ether oxygens (including phenoxy) is 1. The molecule has 29 heavy (non-hydrogen) atoms. The zero-order valence-corrected chi connectivity index (χ0v) is 17.6. The third-order valence-corrected chi connectivity index (χ3v) is 4.04. The molecule has 0 amide bonds. The van der Waals surface area contributed by atoms with Gasteiger partial charge >= 0.3 is 11.9 Å². The van der Waals surface area contributed by atoms with Gasteiger partial charge < -0.3 is 14.9 Å². The molecule has 1 unspecified atom stereocenters. The third kappa shape index (κ3) is 8.35. The van der Waals surface area contributed by atoms with Crippen LogP contribution >= 0.6 is 11.6 Å². The molecule has 0 heterocycles. The summed E-state index contributed by atoms with van der Waals surface area (Å²) in [5.41, 5.74) is 0.499. The van der Waals surface area contributed by atoms with Gasteiger partial charge in [0, 0.05) is 16.1 Å². The second-order valence-corrected chi connectivity index (χ2v) is 7.90. The highest BCUT2D eigenvalue weighted by molar-refractivity contribution is 6.30. The first kappa shape index (κ1) is 24.2. The van der Waals surface area contributed by atoms with Gasteiger partial charge in [0.05, 0.1) is 11.3 Å². The molecule has 0 spiro atoms. The first-order valence-electron chi connectivity index (χ1n) is 8.91. The van der Waals surface area contributed by atoms with E-state index < -0.39 is 23.3 Å². The summed E-state index contributed by atoms with van der Waals surface area (Å²) in [6.07, 6.45) is 0. The molecule has 1 atom stereocenters. The van der Waals surface area contributed by atoms with Crippen molar-refractivity contribution in [1.29, 1.82) is 0 Å². The van der Waals surface area contributed by atoms with Crippen molar-refractivity contribution in [3.05, 3.63) is 64.7 Å². The first-order chi connectivity index (χ1) is 13.4. The number of carbonyl (C=O) groups is 3. The summed E-state index contributed by atoms with van der Waals surface area (Å²) in [6, 6.07) is 13.3. The molecule has 0 fully saturated rings. The Balaban J connectivity index is 0.000000516. The number of carboxylic acids is 2. The summed E-state index contributed by atoms with van der Waals surface area (Å²) in [6.45, 7) is 6.64. The van der Waals surface area contributed by atoms with Crippen LogP contribution in [-0.4, -0.2) is 34.5 Å². The Morgan fingerprint density at radius 1 is 0.931 bits per heavy atom. The van der Waals surface area contributed by atoms with E-state index in [1.807, 2.05) is 0 Å². The molecule has 2 aromatic carbocycles. The van der Waals surface area contributed by atoms with Crippen LogP contribution in [0.5, 0.6) is 5.75 Å². The standard InChI is InChI=1S/C17H15ClO4.C5H10O2/c1-11(17(20)21)10-22-15-8-4-13(5-9-15)16(19)12-2-6-14(18)7-3-12;1-5(2,3)4(6)7/h2-9,11H,10H2,1H3,(H,20,21);1-3H3,(H,6,7). The molecule has 6 nitrogen and oxygen atoms in total. The van der Waals surface area contributed by atoms with Gasteiger partial charge in [0.15, 0.2) is 5.78 Å². The molecule has 0 bridgehead atoms. The molecule has 0 aromatic heterocycles. The van der Waals surface area contributed by atoms with Crippen molar-refractivity contribution in [3.63, 3.8) is 0 Å². The highest BCUT2D eigenvalue weighted by Crippen LogP contribution is 2.17. The first-order valence-corrected chi connectivity index (χ1v) is 9.29. The molecule has 0 aliphatic carbocycles. The molecule has 0 aliphatic rings. The fraction of sp³-hybridized carbons (Fsp3) is 0.318. The smallest absolute Gasteiger partial charge is 0.309 e. The molecule has 0 aliphatic heterocycles. The minimum Gasteiger partial charge on any atom is -0.493 e. The monoisotopic (exact) mass is 420 g/mol. The van der Waals surface area contributed by atoms with Crippen molar-refractivity contribution < 1.29 is 29.3 Å². The van der Waals surface area contributed by atoms with Crippen molar-refractivity contribution in [2.75, 3.05) is 6.61 Å². The Morgan fingerprint density at radius 3 is 1.72 bits per heavy atom. The molecule has 0 saturated carbocycles. The topological polar surface area (TPSA) is 101 Å². The summed E-state index contributed by atoms with van der Waals surface area (Å²) < 4.78 is 5.38. The molecule has 0 saturated heterocycles. The van der Waals surface area contributed by atoms with E-state index in [-0.39, 0.29) is 12.4 Å². The normalized spacial score (nSPS) is 11.6. The van der Waals surface area contributed by atoms with Crippen LogP contribution in [-0.2, 0) is 9.59 Å². The molecule has 2 N–H and O–H groups in total. The molecule has 0 radical (unpaired) electrons. The average molecular weight is 421 g/mol. The number of halogens is 1. The van der Waals surface area contributed by atoms with Crippen LogP contribution in [0.1, 0.15) is 43.6 Å². The van der Waals surface area contributed by atoms with Crippen LogP contribution in [0.2, 0.25) is 5.02 Å². The molecule has 2 aromatic rings. The van der Waals surface area contributed by atoms with Crippen LogP contribution in [0.3, 0.4) is 0 Å². The number of rotatable bonds is 6. The molecule has 2 rings (SSSR count). The quantitative estimate of drug-likeness (QED) is 0.651. The van der Waals surface area contributed by atoms with Crippen molar-refractivity contribution >= 4 is 29.3 Å². The fourth-order valence-corrected chi connectivity index (χ4v) is 1.89. The van der Waals surface area contributed by atoms with Crippen LogP contribution in [0.15, 0.2) is 48.5 Å². The summed E-state index contributed by atoms with van der Waals surface area (Å²) in [7, 11) is 0. The van der Waals surface area contributed by atoms with E-state index in [4.69, 9.17) is 26.6 Å². The lowest BCUT2D eigenvalue weighted by atomic mass is 9.98. The van der Waals surface area contributed by atoms with Crippen LogP contribution in [0, 0.1) is 11.3 Å². The van der Waals surface area contributed by atoms with Crippen molar-refractivity contribution in [2.45, 2.75) is 27.7 Å². The number of benzene rings is 2. The van der Waals surface area contributed by atoms with Gasteiger partial charge in [-0.3, -0.25) is 14.4 Å². The van der Waals surface area contributed by atoms with E-state index in [0.717, 1.165) is 0 Å². The maximum atomic E-state index is 12.3. The Bertz CT molecular complexity index is 835. The number of carbonyl (C=O) groups excluding carboxylic acids is 1. The largest absolute Gasteiger partial charge is 0.493 e. The highest BCUT2D eigenvalue weighted by atomic mass is 35.5. The lowest BCUT2D eigenvalue weighted by molar-refractivity contribution is -0.146. The van der Waals surface area contributed by atoms with Gasteiger partial charge in [-0.1, -0.05) is 11.6 Å². The van der Waals surface area contributed by atoms with Gasteiger partial charge in [-0.25, -0.2) is 0 Å². The third-order valence-electron chi connectivity index (χ3n) is 3.79. The highest BCUT2D eigenvalue weighted by Gasteiger charge is 2.18. The van der Waals surface area contributed by atoms with E-state index in [2.05, 4.69) is 0 Å². The average Bonchev–Trinajstić information content (AvgIpc) is 2.66. The lowest BCUT2D eigenvalue weighted by Crippen LogP contribution is -2.18. The molecule has 7 heteroatoms. The molecular formula is C22H25ClO6. The predicted octanol–water partition coefficient (Wildman–Crippen LogP) is 4.79. The Kier molecular flexibility index (Phi) is 8.85. The zero-order valence-electron chi connectivity index (χ0n) is 16.8. The molecular weight excluding hydrogens is 396 g/mol. The van der Waals surface area contributed by atoms with Crippen LogP contribution in [0.25, 0.3) is 0 Å². The predicted molar refractivity (Wildman–Crippen MR) is 111 cm³/mol. The van der Waals surface area contributed by atoms with Gasteiger partial charge in [-0.2, -0.15) is 0 Å². The van der Waals surface area contributed by atoms with Gasteiger partial charge in [-0.15, -0.1) is 0 Å². The van der Waals surface area contributed by atoms with Crippen molar-refractivity contribution in [2.24, 2.45) is 11.3 Å². The second-order valence-electron chi connectivity index (χ2n) is 7.47. The number of carboxylic acid groups (broad SMARTS) is 2. The number of ketones is 1. The summed E-state index contributed by atoms with van der Waals surface area (Å²) in [4.78, 5) is 33.0. The number of aliphatic carboxylic acids is 2. The van der Waals surface area contributed by atoms with E-state index in [9.17, 15) is 14.4 Å². The minimum absolute atomic E-state index is 0.0831. The summed E-state index contributed by atoms with van der Waals surface area (Å²) >= 11 is 5.80. The van der Waals surface area contributed by atoms with Gasteiger partial charge in [0.2, 0.25) is 0 Å². The van der Waals surface area contributed by atoms with Crippen molar-refractivity contribution in [3.8, 4) is 5.75 Å². The zero-order chi connectivity index (χ0) is 22.2. The summed E-state index contributed by atoms with van der Waals surface area (Å²) in [5.74, 6) is -1.83. The maximum absolute atomic E-state index is 12.3. The van der Waals surface area contributed by atoms with Gasteiger partial charge in [-0.05, 0) is 76.2 Å². The van der Waals surface area contributed by atoms with Crippen LogP contribution in [0.4, 0.5) is 0 Å². The lowest BCUT2D eigenvalue weighted by Gasteiger charge is -2.09. The Morgan fingerprint density at radius 2 is 1.34 bits per heavy atom. The van der Waals surface area contributed by atoms with Gasteiger partial charge in [0.25, 0.3) is 0 Å². The number of hydrogen-bond donors (Lipinski definition) is 2. The fourth-order valence-electron chi connectivity index (χ4n) is 1.76. The summed E-state index contributed by atoms with van der Waals surface area (Å²) in [5, 5.41) is 17.6. The number of hydrogen-bond acceptors (Lipinski definition) is 4. The Hall–Kier alpha value is -2.86. The van der Waals surface area contributed by atoms with E-state index in [1.165, 1.54) is 0 Å². The Labute approximate surface area is 175 Å². The maximum Gasteiger partial charge on any atom is 0.309 e. The SMILES string of the molecule is CC(C)(C)C(=O)O.CC(COc1ccc(C(=O)c2ccc(Cl)cc2)cc1)C(=O)O. The van der Waals surface area contributed by atoms with Gasteiger partial charge in [0.1, 0.15) is 12.4 Å².